The molecule has 0 spiro atoms. The lowest BCUT2D eigenvalue weighted by Gasteiger charge is -2.35. The zero-order valence-electron chi connectivity index (χ0n) is 16.4. The summed E-state index contributed by atoms with van der Waals surface area (Å²) in [7, 11) is 1.54. The summed E-state index contributed by atoms with van der Waals surface area (Å²) in [5.41, 5.74) is 3.06. The fourth-order valence-electron chi connectivity index (χ4n) is 3.40. The van der Waals surface area contributed by atoms with Crippen molar-refractivity contribution >= 4 is 17.7 Å². The average Bonchev–Trinajstić information content (AvgIpc) is 2.69. The van der Waals surface area contributed by atoms with Gasteiger partial charge >= 0.3 is 0 Å². The van der Waals surface area contributed by atoms with Gasteiger partial charge in [-0.3, -0.25) is 0 Å². The molecular weight excluding hydrogens is 359 g/mol. The van der Waals surface area contributed by atoms with Gasteiger partial charge in [0.2, 0.25) is 0 Å². The van der Waals surface area contributed by atoms with Crippen LogP contribution >= 0.6 is 0 Å². The van der Waals surface area contributed by atoms with Crippen LogP contribution in [0.1, 0.15) is 18.9 Å². The predicted octanol–water partition coefficient (Wildman–Crippen LogP) is 3.67. The Morgan fingerprint density at radius 3 is 2.82 bits per heavy atom. The summed E-state index contributed by atoms with van der Waals surface area (Å²) in [5.74, 6) is 0.342. The number of hydrogen-bond acceptors (Lipinski definition) is 5. The lowest BCUT2D eigenvalue weighted by molar-refractivity contribution is -0.116. The Hall–Kier alpha value is -2.60. The quantitative estimate of drug-likeness (QED) is 0.526. The molecule has 0 bridgehead atoms. The van der Waals surface area contributed by atoms with Crippen molar-refractivity contribution < 1.29 is 18.7 Å². The number of fused-ring (bicyclic) bond motifs is 1. The number of nitrogens with one attached hydrogen (secondary N) is 1. The monoisotopic (exact) mass is 386 g/mol. The van der Waals surface area contributed by atoms with Crippen molar-refractivity contribution in [1.29, 1.82) is 0 Å². The van der Waals surface area contributed by atoms with Crippen LogP contribution in [0.25, 0.3) is 0 Å². The fraction of sp³-hybridized carbons (Fsp3) is 0.409. The summed E-state index contributed by atoms with van der Waals surface area (Å²) in [5, 5.41) is 3.42. The molecule has 5 nitrogen and oxygen atoms in total. The third kappa shape index (κ3) is 5.23. The Labute approximate surface area is 165 Å². The number of ether oxygens (including phenoxy) is 2. The Kier molecular flexibility index (Phi) is 6.87. The van der Waals surface area contributed by atoms with Crippen LogP contribution in [-0.4, -0.2) is 45.2 Å². The minimum absolute atomic E-state index is 0.0390. The molecule has 6 heteroatoms. The van der Waals surface area contributed by atoms with E-state index in [4.69, 9.17) is 9.47 Å². The van der Waals surface area contributed by atoms with Crippen molar-refractivity contribution in [2.75, 3.05) is 37.0 Å². The van der Waals surface area contributed by atoms with E-state index in [0.717, 1.165) is 49.3 Å². The van der Waals surface area contributed by atoms with Gasteiger partial charge in [-0.2, -0.15) is 0 Å². The standard InChI is InChI=1S/C22H27FN2O3/c1-16-14-25(21-9-6-18(23)13-22(21)28-16)11-3-10-24-19-7-4-17(5-8-19)12-20(15-26)27-2/h4-9,13,15-16,20,24H,3,10-12,14H2,1-2H3/t16?,20-/m0/s1. The van der Waals surface area contributed by atoms with Gasteiger partial charge < -0.3 is 24.5 Å². The lowest BCUT2D eigenvalue weighted by Crippen LogP contribution is -2.39. The zero-order chi connectivity index (χ0) is 19.9. The maximum Gasteiger partial charge on any atom is 0.149 e. The summed E-state index contributed by atoms with van der Waals surface area (Å²) >= 11 is 0. The highest BCUT2D eigenvalue weighted by Gasteiger charge is 2.22. The molecule has 1 aliphatic rings. The summed E-state index contributed by atoms with van der Waals surface area (Å²) in [4.78, 5) is 13.1. The number of anilines is 2. The van der Waals surface area contributed by atoms with Gasteiger partial charge in [-0.1, -0.05) is 12.1 Å². The molecule has 0 saturated carbocycles. The third-order valence-electron chi connectivity index (χ3n) is 4.85. The maximum atomic E-state index is 13.4. The molecule has 2 atom stereocenters. The van der Waals surface area contributed by atoms with Gasteiger partial charge in [-0.25, -0.2) is 4.39 Å². The van der Waals surface area contributed by atoms with Crippen LogP contribution < -0.4 is 15.0 Å². The first-order chi connectivity index (χ1) is 13.6. The molecule has 0 aliphatic carbocycles. The summed E-state index contributed by atoms with van der Waals surface area (Å²) in [6.07, 6.45) is 1.99. The van der Waals surface area contributed by atoms with Crippen LogP contribution in [0.3, 0.4) is 0 Å². The second-order valence-electron chi connectivity index (χ2n) is 7.08. The highest BCUT2D eigenvalue weighted by atomic mass is 19.1. The molecule has 2 aromatic carbocycles. The Morgan fingerprint density at radius 2 is 2.11 bits per heavy atom. The topological polar surface area (TPSA) is 50.8 Å². The van der Waals surface area contributed by atoms with Gasteiger partial charge in [0, 0.05) is 38.4 Å². The van der Waals surface area contributed by atoms with Crippen molar-refractivity contribution in [3.63, 3.8) is 0 Å². The smallest absolute Gasteiger partial charge is 0.149 e. The van der Waals surface area contributed by atoms with Gasteiger partial charge in [0.05, 0.1) is 12.2 Å². The Balaban J connectivity index is 1.48. The Morgan fingerprint density at radius 1 is 1.32 bits per heavy atom. The number of hydrogen-bond donors (Lipinski definition) is 1. The van der Waals surface area contributed by atoms with Gasteiger partial charge in [0.1, 0.15) is 30.1 Å². The number of carbonyl (C=O) groups excluding carboxylic acids is 1. The number of benzene rings is 2. The number of carbonyl (C=O) groups is 1. The summed E-state index contributed by atoms with van der Waals surface area (Å²) < 4.78 is 24.3. The van der Waals surface area contributed by atoms with Gasteiger partial charge in [0.15, 0.2) is 0 Å². The predicted molar refractivity (Wildman–Crippen MR) is 109 cm³/mol. The molecule has 1 unspecified atom stereocenters. The van der Waals surface area contributed by atoms with Crippen molar-refractivity contribution in [1.82, 2.24) is 0 Å². The van der Waals surface area contributed by atoms with E-state index >= 15 is 0 Å². The highest BCUT2D eigenvalue weighted by molar-refractivity contribution is 5.60. The fourth-order valence-corrected chi connectivity index (χ4v) is 3.40. The molecular formula is C22H27FN2O3. The second-order valence-corrected chi connectivity index (χ2v) is 7.08. The molecule has 28 heavy (non-hydrogen) atoms. The average molecular weight is 386 g/mol. The summed E-state index contributed by atoms with van der Waals surface area (Å²) in [6.45, 7) is 4.49. The minimum atomic E-state index is -0.397. The Bertz CT molecular complexity index is 782. The normalized spacial score (nSPS) is 16.8. The molecule has 3 rings (SSSR count). The molecule has 1 aliphatic heterocycles. The number of rotatable bonds is 9. The van der Waals surface area contributed by atoms with Crippen LogP contribution in [0.2, 0.25) is 0 Å². The van der Waals surface area contributed by atoms with E-state index in [1.54, 1.807) is 13.2 Å². The van der Waals surface area contributed by atoms with Crippen molar-refractivity contribution in [3.05, 3.63) is 53.8 Å². The molecule has 0 amide bonds. The van der Waals surface area contributed by atoms with Crippen molar-refractivity contribution in [2.24, 2.45) is 0 Å². The first-order valence-corrected chi connectivity index (χ1v) is 9.61. The van der Waals surface area contributed by atoms with Crippen LogP contribution in [0, 0.1) is 5.82 Å². The second kappa shape index (κ2) is 9.55. The van der Waals surface area contributed by atoms with Gasteiger partial charge in [-0.05, 0) is 43.2 Å². The van der Waals surface area contributed by atoms with Crippen molar-refractivity contribution in [3.8, 4) is 5.75 Å². The SMILES string of the molecule is CO[C@H](C=O)Cc1ccc(NCCCN2CC(C)Oc3cc(F)ccc32)cc1. The van der Waals surface area contributed by atoms with Gasteiger partial charge in [0.25, 0.3) is 0 Å². The molecule has 0 radical (unpaired) electrons. The molecule has 0 aromatic heterocycles. The van der Waals surface area contributed by atoms with Crippen LogP contribution in [0.5, 0.6) is 5.75 Å². The van der Waals surface area contributed by atoms with E-state index in [1.807, 2.05) is 31.2 Å². The van der Waals surface area contributed by atoms with E-state index in [9.17, 15) is 9.18 Å². The molecule has 1 heterocycles. The third-order valence-corrected chi connectivity index (χ3v) is 4.85. The number of nitrogens with zero attached hydrogens (tertiary/aromatic N) is 1. The van der Waals surface area contributed by atoms with Crippen molar-refractivity contribution in [2.45, 2.75) is 32.0 Å². The van der Waals surface area contributed by atoms with E-state index in [-0.39, 0.29) is 11.9 Å². The van der Waals surface area contributed by atoms with Gasteiger partial charge in [-0.15, -0.1) is 0 Å². The van der Waals surface area contributed by atoms with Crippen LogP contribution in [-0.2, 0) is 16.0 Å². The van der Waals surface area contributed by atoms with E-state index in [0.29, 0.717) is 12.2 Å². The lowest BCUT2D eigenvalue weighted by atomic mass is 10.1. The number of halogens is 1. The van der Waals surface area contributed by atoms with Crippen LogP contribution in [0.4, 0.5) is 15.8 Å². The van der Waals surface area contributed by atoms with E-state index in [2.05, 4.69) is 10.2 Å². The molecule has 0 fully saturated rings. The molecule has 0 saturated heterocycles. The minimum Gasteiger partial charge on any atom is -0.487 e. The van der Waals surface area contributed by atoms with Crippen LogP contribution in [0.15, 0.2) is 42.5 Å². The molecule has 1 N–H and O–H groups in total. The highest BCUT2D eigenvalue weighted by Crippen LogP contribution is 2.33. The number of aldehydes is 1. The summed E-state index contributed by atoms with van der Waals surface area (Å²) in [6, 6.07) is 12.8. The largest absolute Gasteiger partial charge is 0.487 e. The molecule has 150 valence electrons. The first kappa shape index (κ1) is 20.1. The zero-order valence-corrected chi connectivity index (χ0v) is 16.4. The number of methoxy groups -OCH3 is 1. The van der Waals surface area contributed by atoms with E-state index < -0.39 is 6.10 Å². The van der Waals surface area contributed by atoms with E-state index in [1.165, 1.54) is 12.1 Å². The molecule has 2 aromatic rings. The first-order valence-electron chi connectivity index (χ1n) is 9.61. The maximum absolute atomic E-state index is 13.4.